The molecule has 2 N–H and O–H groups in total. The zero-order valence-electron chi connectivity index (χ0n) is 13.2. The van der Waals surface area contributed by atoms with Gasteiger partial charge in [-0.2, -0.15) is 0 Å². The van der Waals surface area contributed by atoms with Crippen LogP contribution in [0, 0.1) is 0 Å². The van der Waals surface area contributed by atoms with Gasteiger partial charge in [0, 0.05) is 13.2 Å². The van der Waals surface area contributed by atoms with E-state index in [1.165, 1.54) is 6.07 Å². The molecule has 126 valence electrons. The van der Waals surface area contributed by atoms with Gasteiger partial charge in [0.15, 0.2) is 6.61 Å². The van der Waals surface area contributed by atoms with Crippen LogP contribution >= 0.6 is 0 Å². The van der Waals surface area contributed by atoms with Crippen molar-refractivity contribution in [2.45, 2.75) is 18.9 Å². The van der Waals surface area contributed by atoms with Crippen LogP contribution in [0.3, 0.4) is 0 Å². The number of fused-ring (bicyclic) bond motifs is 1. The summed E-state index contributed by atoms with van der Waals surface area (Å²) in [7, 11) is 0. The molecule has 0 saturated carbocycles. The van der Waals surface area contributed by atoms with E-state index in [4.69, 9.17) is 9.47 Å². The molecule has 1 amide bonds. The molecule has 1 aliphatic heterocycles. The average Bonchev–Trinajstić information content (AvgIpc) is 3.10. The largest absolute Gasteiger partial charge is 0.507 e. The molecule has 1 fully saturated rings. The van der Waals surface area contributed by atoms with Crippen molar-refractivity contribution in [2.24, 2.45) is 0 Å². The minimum absolute atomic E-state index is 0.0363. The van der Waals surface area contributed by atoms with Gasteiger partial charge in [0.05, 0.1) is 6.10 Å². The van der Waals surface area contributed by atoms with Crippen molar-refractivity contribution < 1.29 is 24.2 Å². The van der Waals surface area contributed by atoms with E-state index in [0.717, 1.165) is 30.2 Å². The first-order valence-corrected chi connectivity index (χ1v) is 7.90. The van der Waals surface area contributed by atoms with Crippen molar-refractivity contribution in [1.82, 2.24) is 5.32 Å². The summed E-state index contributed by atoms with van der Waals surface area (Å²) in [5.74, 6) is -1.29. The predicted molar refractivity (Wildman–Crippen MR) is 87.9 cm³/mol. The quantitative estimate of drug-likeness (QED) is 0.820. The van der Waals surface area contributed by atoms with E-state index >= 15 is 0 Å². The third kappa shape index (κ3) is 3.83. The maximum atomic E-state index is 12.1. The number of amides is 1. The Morgan fingerprint density at radius 3 is 2.71 bits per heavy atom. The van der Waals surface area contributed by atoms with E-state index in [2.05, 4.69) is 5.32 Å². The summed E-state index contributed by atoms with van der Waals surface area (Å²) in [5, 5.41) is 14.3. The van der Waals surface area contributed by atoms with Gasteiger partial charge < -0.3 is 19.9 Å². The molecule has 6 nitrogen and oxygen atoms in total. The smallest absolute Gasteiger partial charge is 0.342 e. The van der Waals surface area contributed by atoms with Crippen molar-refractivity contribution >= 4 is 22.6 Å². The highest BCUT2D eigenvalue weighted by Gasteiger charge is 2.18. The summed E-state index contributed by atoms with van der Waals surface area (Å²) in [5.41, 5.74) is 0.0422. The number of ether oxygens (including phenoxy) is 2. The molecule has 2 aromatic carbocycles. The summed E-state index contributed by atoms with van der Waals surface area (Å²) in [6, 6.07) is 10.4. The van der Waals surface area contributed by atoms with E-state index in [1.807, 2.05) is 24.3 Å². The number of carbonyl (C=O) groups excluding carboxylic acids is 2. The normalized spacial score (nSPS) is 16.9. The maximum Gasteiger partial charge on any atom is 0.342 e. The van der Waals surface area contributed by atoms with Crippen molar-refractivity contribution in [3.05, 3.63) is 42.0 Å². The standard InChI is InChI=1S/C18H19NO5/c20-16-9-13-5-2-1-4-12(13)8-15(16)18(22)24-11-17(21)19-10-14-6-3-7-23-14/h1-2,4-5,8-9,14,20H,3,6-7,10-11H2,(H,19,21)/t14-/m1/s1. The molecule has 24 heavy (non-hydrogen) atoms. The van der Waals surface area contributed by atoms with Crippen LogP contribution in [0.1, 0.15) is 23.2 Å². The molecule has 1 aliphatic rings. The van der Waals surface area contributed by atoms with Crippen molar-refractivity contribution in [3.8, 4) is 5.75 Å². The number of nitrogens with one attached hydrogen (secondary N) is 1. The highest BCUT2D eigenvalue weighted by Crippen LogP contribution is 2.25. The van der Waals surface area contributed by atoms with E-state index in [-0.39, 0.29) is 23.3 Å². The van der Waals surface area contributed by atoms with Gasteiger partial charge in [0.1, 0.15) is 11.3 Å². The molecule has 0 radical (unpaired) electrons. The lowest BCUT2D eigenvalue weighted by molar-refractivity contribution is -0.124. The van der Waals surface area contributed by atoms with Gasteiger partial charge in [-0.25, -0.2) is 4.79 Å². The molecular formula is C18H19NO5. The molecule has 1 atom stereocenters. The molecular weight excluding hydrogens is 310 g/mol. The van der Waals surface area contributed by atoms with Gasteiger partial charge in [-0.3, -0.25) is 4.79 Å². The lowest BCUT2D eigenvalue weighted by atomic mass is 10.1. The van der Waals surface area contributed by atoms with E-state index in [0.29, 0.717) is 6.54 Å². The Hall–Kier alpha value is -2.60. The molecule has 6 heteroatoms. The summed E-state index contributed by atoms with van der Waals surface area (Å²) in [4.78, 5) is 23.8. The first-order valence-electron chi connectivity index (χ1n) is 7.90. The number of phenols is 1. The number of hydrogen-bond acceptors (Lipinski definition) is 5. The molecule has 1 saturated heterocycles. The fourth-order valence-electron chi connectivity index (χ4n) is 2.68. The van der Waals surface area contributed by atoms with Crippen molar-refractivity contribution in [3.63, 3.8) is 0 Å². The van der Waals surface area contributed by atoms with Crippen LogP contribution in [-0.2, 0) is 14.3 Å². The minimum atomic E-state index is -0.731. The zero-order chi connectivity index (χ0) is 16.9. The first kappa shape index (κ1) is 16.3. The van der Waals surface area contributed by atoms with Gasteiger partial charge in [-0.1, -0.05) is 24.3 Å². The number of carbonyl (C=O) groups is 2. The molecule has 0 aromatic heterocycles. The van der Waals surface area contributed by atoms with Gasteiger partial charge in [0.2, 0.25) is 0 Å². The Morgan fingerprint density at radius 2 is 2.00 bits per heavy atom. The van der Waals surface area contributed by atoms with Crippen molar-refractivity contribution in [1.29, 1.82) is 0 Å². The summed E-state index contributed by atoms with van der Waals surface area (Å²) < 4.78 is 10.4. The summed E-state index contributed by atoms with van der Waals surface area (Å²) in [6.07, 6.45) is 1.95. The van der Waals surface area contributed by atoms with Crippen LogP contribution < -0.4 is 5.32 Å². The third-order valence-corrected chi connectivity index (χ3v) is 3.97. The number of aromatic hydroxyl groups is 1. The fraction of sp³-hybridized carbons (Fsp3) is 0.333. The van der Waals surface area contributed by atoms with Gasteiger partial charge in [-0.15, -0.1) is 0 Å². The second-order valence-corrected chi connectivity index (χ2v) is 5.73. The van der Waals surface area contributed by atoms with Crippen LogP contribution in [0.25, 0.3) is 10.8 Å². The zero-order valence-corrected chi connectivity index (χ0v) is 13.2. The Bertz CT molecular complexity index is 752. The lowest BCUT2D eigenvalue weighted by Crippen LogP contribution is -2.34. The van der Waals surface area contributed by atoms with Gasteiger partial charge >= 0.3 is 5.97 Å². The Morgan fingerprint density at radius 1 is 1.25 bits per heavy atom. The molecule has 0 spiro atoms. The average molecular weight is 329 g/mol. The highest BCUT2D eigenvalue weighted by atomic mass is 16.5. The number of phenolic OH excluding ortho intramolecular Hbond substituents is 1. The molecule has 0 bridgehead atoms. The number of esters is 1. The van der Waals surface area contributed by atoms with Crippen LogP contribution in [0.15, 0.2) is 36.4 Å². The highest BCUT2D eigenvalue weighted by molar-refractivity contribution is 5.99. The Balaban J connectivity index is 1.56. The summed E-state index contributed by atoms with van der Waals surface area (Å²) in [6.45, 7) is 0.742. The SMILES string of the molecule is O=C(COC(=O)c1cc2ccccc2cc1O)NC[C@H]1CCCO1. The molecule has 2 aromatic rings. The molecule has 0 unspecified atom stereocenters. The molecule has 3 rings (SSSR count). The minimum Gasteiger partial charge on any atom is -0.507 e. The topological polar surface area (TPSA) is 84.9 Å². The van der Waals surface area contributed by atoms with Crippen LogP contribution in [-0.4, -0.2) is 42.8 Å². The summed E-state index contributed by atoms with van der Waals surface area (Å²) >= 11 is 0. The number of benzene rings is 2. The molecule has 1 heterocycles. The molecule has 0 aliphatic carbocycles. The van der Waals surface area contributed by atoms with Crippen LogP contribution in [0.5, 0.6) is 5.75 Å². The van der Waals surface area contributed by atoms with E-state index in [9.17, 15) is 14.7 Å². The predicted octanol–water partition coefficient (Wildman–Crippen LogP) is 2.00. The second-order valence-electron chi connectivity index (χ2n) is 5.73. The lowest BCUT2D eigenvalue weighted by Gasteiger charge is -2.11. The Kier molecular flexibility index (Phi) is 4.96. The number of rotatable bonds is 5. The second kappa shape index (κ2) is 7.31. The maximum absolute atomic E-state index is 12.1. The number of hydrogen-bond donors (Lipinski definition) is 2. The first-order chi connectivity index (χ1) is 11.6. The van der Waals surface area contributed by atoms with Crippen molar-refractivity contribution in [2.75, 3.05) is 19.8 Å². The van der Waals surface area contributed by atoms with E-state index in [1.54, 1.807) is 6.07 Å². The monoisotopic (exact) mass is 329 g/mol. The van der Waals surface area contributed by atoms with E-state index < -0.39 is 12.6 Å². The Labute approximate surface area is 139 Å². The van der Waals surface area contributed by atoms with Crippen LogP contribution in [0.4, 0.5) is 0 Å². The van der Waals surface area contributed by atoms with Gasteiger partial charge in [-0.05, 0) is 35.7 Å². The van der Waals surface area contributed by atoms with Gasteiger partial charge in [0.25, 0.3) is 5.91 Å². The van der Waals surface area contributed by atoms with Crippen LogP contribution in [0.2, 0.25) is 0 Å². The fourth-order valence-corrected chi connectivity index (χ4v) is 2.68. The third-order valence-electron chi connectivity index (χ3n) is 3.97.